The summed E-state index contributed by atoms with van der Waals surface area (Å²) in [5.74, 6) is -7.28. The lowest BCUT2D eigenvalue weighted by Crippen LogP contribution is -2.61. The van der Waals surface area contributed by atoms with Gasteiger partial charge in [-0.25, -0.2) is 0 Å². The number of H-pyrrole nitrogens is 1. The van der Waals surface area contributed by atoms with Crippen molar-refractivity contribution >= 4 is 102 Å². The number of aliphatic hydroxyl groups is 1. The average Bonchev–Trinajstić information content (AvgIpc) is 3.86. The van der Waals surface area contributed by atoms with E-state index in [-0.39, 0.29) is 37.2 Å². The number of aromatic nitrogens is 2. The molecule has 4 aromatic carbocycles. The highest BCUT2D eigenvalue weighted by atomic mass is 35.5. The zero-order chi connectivity index (χ0) is 55.9. The molecule has 1 saturated heterocycles. The molecule has 410 valence electrons. The van der Waals surface area contributed by atoms with Crippen LogP contribution >= 0.6 is 33.2 Å². The summed E-state index contributed by atoms with van der Waals surface area (Å²) >= 11 is 6.08. The molecule has 0 radical (unpaired) electrons. The van der Waals surface area contributed by atoms with Gasteiger partial charge in [0.15, 0.2) is 0 Å². The highest BCUT2D eigenvalue weighted by Gasteiger charge is 2.35. The number of nitrogens with zero attached hydrogens (tertiary/aromatic N) is 1. The number of pyridine rings is 1. The predicted octanol–water partition coefficient (Wildman–Crippen LogP) is 0.581. The first-order valence-electron chi connectivity index (χ1n) is 24.9. The second-order valence-corrected chi connectivity index (χ2v) is 21.8. The number of hydrogen-bond acceptors (Lipinski definition) is 14. The highest BCUT2D eigenvalue weighted by molar-refractivity contribution is 8.76. The summed E-state index contributed by atoms with van der Waals surface area (Å²) < 4.78 is 0. The number of nitrogens with one attached hydrogen (secondary N) is 8. The van der Waals surface area contributed by atoms with Crippen LogP contribution in [0.1, 0.15) is 29.2 Å². The number of halogens is 1. The minimum absolute atomic E-state index is 0.0184. The van der Waals surface area contributed by atoms with Gasteiger partial charge in [-0.3, -0.25) is 43.3 Å². The molecular formula is C54H61ClN12O9S2. The highest BCUT2D eigenvalue weighted by Crippen LogP contribution is 2.25. The first-order chi connectivity index (χ1) is 37.4. The van der Waals surface area contributed by atoms with Crippen LogP contribution in [-0.2, 0) is 64.0 Å². The number of rotatable bonds is 14. The Balaban J connectivity index is 1.20. The van der Waals surface area contributed by atoms with E-state index in [0.717, 1.165) is 43.3 Å². The van der Waals surface area contributed by atoms with Crippen molar-refractivity contribution in [3.8, 4) is 0 Å². The Kier molecular flexibility index (Phi) is 20.6. The van der Waals surface area contributed by atoms with Gasteiger partial charge in [-0.1, -0.05) is 112 Å². The third kappa shape index (κ3) is 16.3. The maximum atomic E-state index is 14.6. The van der Waals surface area contributed by atoms with Crippen molar-refractivity contribution < 1.29 is 43.5 Å². The smallest absolute Gasteiger partial charge is 0.245 e. The Labute approximate surface area is 461 Å². The van der Waals surface area contributed by atoms with Crippen molar-refractivity contribution in [2.45, 2.75) is 87.0 Å². The number of aromatic amines is 1. The van der Waals surface area contributed by atoms with Gasteiger partial charge >= 0.3 is 0 Å². The molecule has 3 heterocycles. The van der Waals surface area contributed by atoms with Gasteiger partial charge in [0.2, 0.25) is 47.3 Å². The predicted molar refractivity (Wildman–Crippen MR) is 299 cm³/mol. The number of nitrogens with two attached hydrogens (primary N) is 3. The van der Waals surface area contributed by atoms with Gasteiger partial charge in [0.1, 0.15) is 42.3 Å². The number of aliphatic hydroxyl groups excluding tert-OH is 1. The second-order valence-electron chi connectivity index (χ2n) is 18.8. The van der Waals surface area contributed by atoms with Crippen molar-refractivity contribution in [2.24, 2.45) is 17.2 Å². The van der Waals surface area contributed by atoms with Gasteiger partial charge < -0.3 is 64.5 Å². The summed E-state index contributed by atoms with van der Waals surface area (Å²) in [6.45, 7) is 0.715. The molecule has 7 rings (SSSR count). The van der Waals surface area contributed by atoms with Crippen LogP contribution in [0.3, 0.4) is 0 Å². The molecule has 6 aromatic rings. The SMILES string of the molecule is C[C@H](O)[C@H]1NC(=O)C(N)CNC(=O)[C@@H](Cc2c[nH]c3ccccc23)NC(=O)[C@H](Cc2cccnc2)NC(=O)[C@@H](NC(=O)[C@@H](N)Cc2ccc(Cl)cc2)CSSC[C@H](C(=O)N[C@@H](Cc2ccc3ccccc3c2)C(N)=O)NC1=O. The lowest BCUT2D eigenvalue weighted by atomic mass is 10.0. The topological polar surface area (TPSA) is 348 Å². The molecule has 8 amide bonds. The number of amides is 8. The van der Waals surface area contributed by atoms with Gasteiger partial charge in [-0.2, -0.15) is 0 Å². The molecule has 1 unspecified atom stereocenters. The second kappa shape index (κ2) is 27.7. The fraction of sp³-hybridized carbons (Fsp3) is 0.315. The molecule has 1 aliphatic heterocycles. The normalized spacial score (nSPS) is 21.5. The summed E-state index contributed by atoms with van der Waals surface area (Å²) in [5, 5.41) is 32.4. The number of primary amides is 1. The number of hydrogen-bond donors (Lipinski definition) is 12. The van der Waals surface area contributed by atoms with Crippen molar-refractivity contribution in [2.75, 3.05) is 18.1 Å². The van der Waals surface area contributed by atoms with Gasteiger partial charge in [0.25, 0.3) is 0 Å². The molecule has 24 heteroatoms. The Morgan fingerprint density at radius 3 is 2.18 bits per heavy atom. The zero-order valence-electron chi connectivity index (χ0n) is 42.3. The standard InChI is InChI=1S/C54H61ClN12O9S2/c1-29(68)46-54(76)66-45(52(74)62-41(47(58)69)21-31-12-15-33-8-2-3-9-34(33)19-31)28-78-77-27-44(65-48(70)38(56)20-30-13-16-36(55)17-14-30)53(75)63-42(22-32-7-6-18-59-24-32)51(73)64-43(50(72)61-26-39(57)49(71)67-46)23-35-25-60-40-11-5-4-10-37(35)40/h2-19,24-25,29,38-39,41-46,60,68H,20-23,26-28,56-57H2,1H3,(H2,58,69)(H,61,72)(H,62,74)(H,63,75)(H,64,73)(H,65,70)(H,66,76)(H,67,71)/t29-,38-,39?,41-,42-,43+,44-,45+,46+/m0/s1. The average molecular weight is 1120 g/mol. The van der Waals surface area contributed by atoms with Gasteiger partial charge in [0.05, 0.1) is 12.1 Å². The minimum Gasteiger partial charge on any atom is -0.391 e. The molecule has 2 aromatic heterocycles. The van der Waals surface area contributed by atoms with Gasteiger partial charge in [0, 0.05) is 71.8 Å². The Morgan fingerprint density at radius 1 is 0.756 bits per heavy atom. The molecule has 9 atom stereocenters. The lowest BCUT2D eigenvalue weighted by molar-refractivity contribution is -0.135. The monoisotopic (exact) mass is 1120 g/mol. The molecule has 1 fully saturated rings. The quantitative estimate of drug-likeness (QED) is 0.0665. The van der Waals surface area contributed by atoms with E-state index in [0.29, 0.717) is 27.3 Å². The number of fused-ring (bicyclic) bond motifs is 2. The molecule has 78 heavy (non-hydrogen) atoms. The maximum absolute atomic E-state index is 14.6. The zero-order valence-corrected chi connectivity index (χ0v) is 44.7. The first kappa shape index (κ1) is 58.1. The summed E-state index contributed by atoms with van der Waals surface area (Å²) in [6, 6.07) is 19.2. The summed E-state index contributed by atoms with van der Waals surface area (Å²) in [5.41, 5.74) is 21.8. The van der Waals surface area contributed by atoms with Crippen LogP contribution in [0.15, 0.2) is 122 Å². The molecule has 0 spiro atoms. The molecule has 15 N–H and O–H groups in total. The van der Waals surface area contributed by atoms with Crippen LogP contribution in [0, 0.1) is 0 Å². The largest absolute Gasteiger partial charge is 0.391 e. The van der Waals surface area contributed by atoms with E-state index in [1.807, 2.05) is 60.7 Å². The maximum Gasteiger partial charge on any atom is 0.245 e. The van der Waals surface area contributed by atoms with Crippen LogP contribution in [0.4, 0.5) is 0 Å². The van der Waals surface area contributed by atoms with Crippen LogP contribution in [0.25, 0.3) is 21.7 Å². The molecule has 0 bridgehead atoms. The number of para-hydroxylation sites is 1. The Hall–Kier alpha value is -7.54. The van der Waals surface area contributed by atoms with Crippen molar-refractivity contribution in [3.63, 3.8) is 0 Å². The Morgan fingerprint density at radius 2 is 1.45 bits per heavy atom. The van der Waals surface area contributed by atoms with Crippen molar-refractivity contribution in [1.29, 1.82) is 0 Å². The molecule has 0 aliphatic carbocycles. The number of benzene rings is 4. The van der Waals surface area contributed by atoms with Crippen molar-refractivity contribution in [3.05, 3.63) is 149 Å². The molecule has 0 saturated carbocycles. The number of carbonyl (C=O) groups excluding carboxylic acids is 8. The van der Waals surface area contributed by atoms with Crippen LogP contribution in [0.5, 0.6) is 0 Å². The molecule has 1 aliphatic rings. The fourth-order valence-electron chi connectivity index (χ4n) is 8.53. The van der Waals surface area contributed by atoms with E-state index >= 15 is 0 Å². The third-order valence-corrected chi connectivity index (χ3v) is 15.5. The fourth-order valence-corrected chi connectivity index (χ4v) is 11.0. The lowest BCUT2D eigenvalue weighted by Gasteiger charge is -2.27. The van der Waals surface area contributed by atoms with Gasteiger partial charge in [-0.05, 0) is 70.6 Å². The van der Waals surface area contributed by atoms with E-state index in [4.69, 9.17) is 28.8 Å². The molecule has 21 nitrogen and oxygen atoms in total. The summed E-state index contributed by atoms with van der Waals surface area (Å²) in [6.07, 6.45) is 3.02. The summed E-state index contributed by atoms with van der Waals surface area (Å²) in [4.78, 5) is 120. The minimum atomic E-state index is -1.70. The van der Waals surface area contributed by atoms with E-state index in [1.54, 1.807) is 48.7 Å². The van der Waals surface area contributed by atoms with Gasteiger partial charge in [-0.15, -0.1) is 0 Å². The van der Waals surface area contributed by atoms with E-state index in [9.17, 15) is 43.5 Å². The van der Waals surface area contributed by atoms with Crippen LogP contribution in [0.2, 0.25) is 5.02 Å². The third-order valence-electron chi connectivity index (χ3n) is 12.9. The number of carbonyl (C=O) groups is 8. The Bertz CT molecular complexity index is 3120. The molecular weight excluding hydrogens is 1060 g/mol. The van der Waals surface area contributed by atoms with Crippen LogP contribution in [-0.4, -0.2) is 135 Å². The van der Waals surface area contributed by atoms with E-state index < -0.39 is 108 Å². The van der Waals surface area contributed by atoms with E-state index in [2.05, 4.69) is 47.2 Å². The first-order valence-corrected chi connectivity index (χ1v) is 27.8. The van der Waals surface area contributed by atoms with Crippen LogP contribution < -0.4 is 54.4 Å². The summed E-state index contributed by atoms with van der Waals surface area (Å²) in [7, 11) is 2.00. The van der Waals surface area contributed by atoms with Crippen molar-refractivity contribution in [1.82, 2.24) is 47.2 Å². The van der Waals surface area contributed by atoms with E-state index in [1.165, 1.54) is 19.3 Å².